The Morgan fingerprint density at radius 3 is 2.65 bits per heavy atom. The average molecular weight is 411 g/mol. The first-order chi connectivity index (χ1) is 11.2. The first kappa shape index (κ1) is 24.2. The molecule has 1 saturated heterocycles. The number of fused-ring (bicyclic) bond motifs is 1. The molecule has 2 aromatic rings. The number of hydrogen-bond donors (Lipinski definition) is 6. The van der Waals surface area contributed by atoms with Gasteiger partial charge in [-0.25, -0.2) is 9.55 Å². The van der Waals surface area contributed by atoms with Gasteiger partial charge < -0.3 is 43.0 Å². The van der Waals surface area contributed by atoms with E-state index in [0.29, 0.717) is 0 Å². The van der Waals surface area contributed by atoms with Crippen LogP contribution in [0, 0.1) is 0 Å². The van der Waals surface area contributed by atoms with Crippen LogP contribution in [0.2, 0.25) is 0 Å². The minimum atomic E-state index is -4.51. The maximum atomic E-state index is 12.4. The number of nitrogens with zero attached hydrogens (tertiary/aromatic N) is 3. The molecule has 3 heterocycles. The summed E-state index contributed by atoms with van der Waals surface area (Å²) < 4.78 is 21.6. The van der Waals surface area contributed by atoms with E-state index in [9.17, 15) is 19.6 Å². The molecule has 0 bridgehead atoms. The van der Waals surface area contributed by atoms with Crippen molar-refractivity contribution in [1.29, 1.82) is 0 Å². The van der Waals surface area contributed by atoms with E-state index in [1.54, 1.807) is 0 Å². The van der Waals surface area contributed by atoms with Crippen molar-refractivity contribution in [2.45, 2.75) is 24.7 Å². The zero-order valence-corrected chi connectivity index (χ0v) is 18.8. The number of aromatic amines is 1. The largest absolute Gasteiger partial charge is 1.00 e. The predicted octanol–water partition coefficient (Wildman–Crippen LogP) is -8.34. The van der Waals surface area contributed by atoms with Crippen LogP contribution in [0.1, 0.15) is 9.08 Å². The maximum Gasteiger partial charge on any atom is 1.00 e. The molecule has 1 aliphatic rings. The molecule has 0 spiro atoms. The molecule has 0 unspecified atom stereocenters. The number of ether oxygens (including phenoxy) is 2. The summed E-state index contributed by atoms with van der Waals surface area (Å²) in [5, 5.41) is 20.0. The second-order valence-electron chi connectivity index (χ2n) is 5.08. The minimum Gasteiger partial charge on any atom is -1.00 e. The average Bonchev–Trinajstić information content (AvgIpc) is 3.04. The number of aliphatic hydroxyl groups excluding tert-OH is 2. The van der Waals surface area contributed by atoms with Gasteiger partial charge in [0.1, 0.15) is 12.2 Å². The fourth-order valence-electron chi connectivity index (χ4n) is 2.31. The summed E-state index contributed by atoms with van der Waals surface area (Å²) in [5.41, 5.74) is 5.05. The molecular formula is C10H16N5Na2O8P. The van der Waals surface area contributed by atoms with Crippen LogP contribution in [0.4, 0.5) is 5.95 Å². The molecular weight excluding hydrogens is 395 g/mol. The van der Waals surface area contributed by atoms with Gasteiger partial charge in [0.15, 0.2) is 30.0 Å². The van der Waals surface area contributed by atoms with Crippen molar-refractivity contribution in [3.63, 3.8) is 0 Å². The molecule has 4 atom stereocenters. The summed E-state index contributed by atoms with van der Waals surface area (Å²) in [5.74, 6) is -0.327. The normalized spacial score (nSPS) is 25.7. The zero-order chi connectivity index (χ0) is 17.6. The summed E-state index contributed by atoms with van der Waals surface area (Å²) in [6.45, 7) is 0. The fraction of sp³-hybridized carbons (Fsp3) is 0.500. The van der Waals surface area contributed by atoms with Gasteiger partial charge in [0.25, 0.3) is 5.56 Å². The van der Waals surface area contributed by atoms with Gasteiger partial charge in [0, 0.05) is 0 Å². The molecule has 0 aliphatic carbocycles. The Bertz CT molecular complexity index is 881. The monoisotopic (exact) mass is 411 g/mol. The number of nitrogens with two attached hydrogens (primary N) is 1. The minimum absolute atomic E-state index is 0. The van der Waals surface area contributed by atoms with Crippen LogP contribution in [0.25, 0.3) is 11.2 Å². The predicted molar refractivity (Wildman–Crippen MR) is 78.7 cm³/mol. The van der Waals surface area contributed by atoms with Crippen molar-refractivity contribution in [2.24, 2.45) is 0 Å². The van der Waals surface area contributed by atoms with Gasteiger partial charge >= 0.3 is 66.7 Å². The summed E-state index contributed by atoms with van der Waals surface area (Å²) in [4.78, 5) is 40.2. The number of imidazole rings is 1. The maximum absolute atomic E-state index is 12.4. The molecule has 26 heavy (non-hydrogen) atoms. The molecule has 0 aromatic carbocycles. The van der Waals surface area contributed by atoms with Gasteiger partial charge in [-0.1, -0.05) is 0 Å². The fourth-order valence-corrected chi connectivity index (χ4v) is 2.65. The Kier molecular flexibility index (Phi) is 8.46. The van der Waals surface area contributed by atoms with Gasteiger partial charge in [-0.2, -0.15) is 4.98 Å². The van der Waals surface area contributed by atoms with E-state index in [-0.39, 0.29) is 79.1 Å². The van der Waals surface area contributed by atoms with E-state index in [0.717, 1.165) is 4.57 Å². The van der Waals surface area contributed by atoms with Gasteiger partial charge in [-0.05, 0) is 0 Å². The number of H-pyrrole nitrogens is 1. The molecule has 3 rings (SSSR count). The Balaban J connectivity index is 0. The van der Waals surface area contributed by atoms with Crippen LogP contribution >= 0.6 is 7.60 Å². The first-order valence-electron chi connectivity index (χ1n) is 6.58. The number of aliphatic hydroxyl groups is 2. The van der Waals surface area contributed by atoms with Crippen LogP contribution in [0.3, 0.4) is 0 Å². The zero-order valence-electron chi connectivity index (χ0n) is 15.9. The Labute approximate surface area is 192 Å². The van der Waals surface area contributed by atoms with Gasteiger partial charge in [-0.15, -0.1) is 0 Å². The van der Waals surface area contributed by atoms with Crippen LogP contribution in [0.5, 0.6) is 0 Å². The van der Waals surface area contributed by atoms with Crippen molar-refractivity contribution in [3.8, 4) is 0 Å². The molecule has 2 aromatic heterocycles. The number of nitrogens with one attached hydrogen (secondary N) is 1. The Morgan fingerprint density at radius 1 is 1.38 bits per heavy atom. The van der Waals surface area contributed by atoms with Crippen LogP contribution in [-0.4, -0.2) is 64.4 Å². The van der Waals surface area contributed by atoms with E-state index in [1.165, 1.54) is 6.33 Å². The van der Waals surface area contributed by atoms with Crippen LogP contribution in [-0.2, 0) is 14.0 Å². The van der Waals surface area contributed by atoms with Crippen LogP contribution in [0.15, 0.2) is 11.1 Å². The van der Waals surface area contributed by atoms with E-state index in [1.807, 2.05) is 0 Å². The van der Waals surface area contributed by atoms with Crippen LogP contribution < -0.4 is 70.4 Å². The first-order valence-corrected chi connectivity index (χ1v) is 8.37. The number of aromatic nitrogens is 4. The van der Waals surface area contributed by atoms with Crippen molar-refractivity contribution in [1.82, 2.24) is 19.5 Å². The van der Waals surface area contributed by atoms with Crippen molar-refractivity contribution >= 4 is 24.7 Å². The van der Waals surface area contributed by atoms with E-state index < -0.39 is 44.2 Å². The molecule has 136 valence electrons. The smallest absolute Gasteiger partial charge is 1.00 e. The van der Waals surface area contributed by atoms with E-state index in [2.05, 4.69) is 15.0 Å². The molecule has 7 N–H and O–H groups in total. The number of anilines is 1. The Morgan fingerprint density at radius 2 is 2.04 bits per heavy atom. The summed E-state index contributed by atoms with van der Waals surface area (Å²) >= 11 is 0. The molecule has 16 heteroatoms. The second kappa shape index (κ2) is 9.09. The van der Waals surface area contributed by atoms with Gasteiger partial charge in [-0.3, -0.25) is 9.36 Å². The summed E-state index contributed by atoms with van der Waals surface area (Å²) in [6, 6.07) is 0. The molecule has 13 nitrogen and oxygen atoms in total. The van der Waals surface area contributed by atoms with E-state index in [4.69, 9.17) is 25.0 Å². The van der Waals surface area contributed by atoms with Gasteiger partial charge in [0.05, 0.1) is 6.33 Å². The standard InChI is InChI=1S/C10H14N5O8P.2Na.2H/c11-10-14-6-3(12-1-13-6)7(18)15(10)8-4(16)5(17)9(23-8)22-2-24(19,20)21;;;;/h1,4-5,8-9,16-17H,2H2,(H2,11,14)(H,12,13)(H2,19,20,21);;;;/q;2*+1;2*-1/t4-,5+,8-,9+;;;;/m1..../s1. The molecule has 0 amide bonds. The summed E-state index contributed by atoms with van der Waals surface area (Å²) in [7, 11) is -4.51. The third-order valence-electron chi connectivity index (χ3n) is 3.38. The molecule has 1 fully saturated rings. The van der Waals surface area contributed by atoms with Crippen molar-refractivity contribution in [2.75, 3.05) is 12.1 Å². The van der Waals surface area contributed by atoms with Crippen molar-refractivity contribution < 1.29 is 96.0 Å². The number of nitrogen functional groups attached to an aromatic ring is 1. The number of rotatable bonds is 4. The summed E-state index contributed by atoms with van der Waals surface area (Å²) in [6.07, 6.45) is -6.14. The van der Waals surface area contributed by atoms with Gasteiger partial charge in [0.2, 0.25) is 5.95 Å². The quantitative estimate of drug-likeness (QED) is 0.206. The second-order valence-corrected chi connectivity index (χ2v) is 6.67. The topological polar surface area (TPSA) is 206 Å². The molecule has 0 saturated carbocycles. The molecule has 1 aliphatic heterocycles. The van der Waals surface area contributed by atoms with Crippen molar-refractivity contribution in [3.05, 3.63) is 16.7 Å². The molecule has 0 radical (unpaired) electrons. The SMILES string of the molecule is Nc1nc2nc[nH]c2c(=O)n1[C@@H]1O[C@H](OCP(=O)(O)O)[C@@H](O)[C@H]1O.[H-].[H-].[Na+].[Na+]. The Hall–Kier alpha value is 0.140. The van der Waals surface area contributed by atoms with E-state index >= 15 is 0 Å². The number of hydrogen-bond acceptors (Lipinski definition) is 9. The third kappa shape index (κ3) is 4.75. The third-order valence-corrected chi connectivity index (χ3v) is 3.86.